The SMILES string of the molecule is C#CCOCCOCCOCCO[C@H]1OC(CO)[C@@H](O)[C@H](O)C1O. The first-order valence-corrected chi connectivity index (χ1v) is 7.70. The molecule has 0 aromatic carbocycles. The van der Waals surface area contributed by atoms with Crippen molar-refractivity contribution in [3.63, 3.8) is 0 Å². The third-order valence-electron chi connectivity index (χ3n) is 3.29. The second kappa shape index (κ2) is 12.5. The first-order valence-electron chi connectivity index (χ1n) is 7.70. The van der Waals surface area contributed by atoms with E-state index in [0.717, 1.165) is 0 Å². The Morgan fingerprint density at radius 1 is 0.833 bits per heavy atom. The average Bonchev–Trinajstić information content (AvgIpc) is 2.59. The van der Waals surface area contributed by atoms with E-state index in [1.807, 2.05) is 0 Å². The largest absolute Gasteiger partial charge is 0.394 e. The molecule has 0 amide bonds. The molecule has 1 heterocycles. The van der Waals surface area contributed by atoms with E-state index in [0.29, 0.717) is 26.4 Å². The minimum Gasteiger partial charge on any atom is -0.394 e. The average molecular weight is 350 g/mol. The Labute approximate surface area is 141 Å². The quantitative estimate of drug-likeness (QED) is 0.223. The minimum absolute atomic E-state index is 0.105. The maximum atomic E-state index is 9.76. The van der Waals surface area contributed by atoms with Crippen molar-refractivity contribution in [3.05, 3.63) is 0 Å². The van der Waals surface area contributed by atoms with Crippen LogP contribution in [0.1, 0.15) is 0 Å². The van der Waals surface area contributed by atoms with Gasteiger partial charge in [-0.05, 0) is 0 Å². The van der Waals surface area contributed by atoms with Gasteiger partial charge in [0.2, 0.25) is 0 Å². The van der Waals surface area contributed by atoms with Gasteiger partial charge in [0.1, 0.15) is 31.0 Å². The van der Waals surface area contributed by atoms with Gasteiger partial charge in [0.05, 0.1) is 46.2 Å². The van der Waals surface area contributed by atoms with Crippen LogP contribution in [0.3, 0.4) is 0 Å². The highest BCUT2D eigenvalue weighted by atomic mass is 16.7. The number of ether oxygens (including phenoxy) is 5. The summed E-state index contributed by atoms with van der Waals surface area (Å²) >= 11 is 0. The van der Waals surface area contributed by atoms with Crippen molar-refractivity contribution < 1.29 is 44.1 Å². The third-order valence-corrected chi connectivity index (χ3v) is 3.29. The summed E-state index contributed by atoms with van der Waals surface area (Å²) in [6.07, 6.45) is -1.37. The summed E-state index contributed by atoms with van der Waals surface area (Å²) in [5.41, 5.74) is 0. The van der Waals surface area contributed by atoms with Crippen LogP contribution in [0.25, 0.3) is 0 Å². The Kier molecular flexibility index (Phi) is 11.1. The lowest BCUT2D eigenvalue weighted by Gasteiger charge is -2.39. The molecule has 0 aliphatic carbocycles. The van der Waals surface area contributed by atoms with E-state index < -0.39 is 37.3 Å². The van der Waals surface area contributed by atoms with Crippen LogP contribution in [0.4, 0.5) is 0 Å². The molecule has 140 valence electrons. The highest BCUT2D eigenvalue weighted by molar-refractivity contribution is 4.88. The van der Waals surface area contributed by atoms with Crippen molar-refractivity contribution in [2.75, 3.05) is 52.9 Å². The van der Waals surface area contributed by atoms with Crippen molar-refractivity contribution in [2.24, 2.45) is 0 Å². The monoisotopic (exact) mass is 350 g/mol. The van der Waals surface area contributed by atoms with Crippen LogP contribution in [0, 0.1) is 12.3 Å². The molecule has 1 rings (SSSR count). The molecule has 4 N–H and O–H groups in total. The van der Waals surface area contributed by atoms with Crippen LogP contribution in [-0.2, 0) is 23.7 Å². The molecule has 0 radical (unpaired) electrons. The van der Waals surface area contributed by atoms with Gasteiger partial charge in [0.15, 0.2) is 6.29 Å². The number of aliphatic hydroxyl groups is 4. The van der Waals surface area contributed by atoms with Gasteiger partial charge in [-0.15, -0.1) is 6.42 Å². The van der Waals surface area contributed by atoms with Crippen molar-refractivity contribution in [1.82, 2.24) is 0 Å². The molecule has 0 bridgehead atoms. The highest BCUT2D eigenvalue weighted by Gasteiger charge is 2.43. The van der Waals surface area contributed by atoms with Crippen LogP contribution in [0.15, 0.2) is 0 Å². The second-order valence-corrected chi connectivity index (χ2v) is 5.05. The van der Waals surface area contributed by atoms with Gasteiger partial charge in [0.25, 0.3) is 0 Å². The zero-order chi connectivity index (χ0) is 17.8. The molecule has 0 aromatic rings. The van der Waals surface area contributed by atoms with Crippen LogP contribution in [-0.4, -0.2) is 104 Å². The van der Waals surface area contributed by atoms with Gasteiger partial charge >= 0.3 is 0 Å². The number of hydrogen-bond acceptors (Lipinski definition) is 9. The van der Waals surface area contributed by atoms with Crippen molar-refractivity contribution in [2.45, 2.75) is 30.7 Å². The van der Waals surface area contributed by atoms with Crippen LogP contribution >= 0.6 is 0 Å². The van der Waals surface area contributed by atoms with E-state index in [9.17, 15) is 15.3 Å². The van der Waals surface area contributed by atoms with E-state index >= 15 is 0 Å². The number of rotatable bonds is 12. The summed E-state index contributed by atoms with van der Waals surface area (Å²) in [5, 5.41) is 38.0. The molecule has 1 saturated heterocycles. The van der Waals surface area contributed by atoms with Gasteiger partial charge in [-0.2, -0.15) is 0 Å². The van der Waals surface area contributed by atoms with Crippen molar-refractivity contribution in [3.8, 4) is 12.3 Å². The standard InChI is InChI=1S/C15H26O9/c1-2-3-20-4-5-21-6-7-22-8-9-23-15-14(19)13(18)12(17)11(10-16)24-15/h1,11-19H,3-10H2/t11?,12-,13+,14?,15+/m1/s1. The Bertz CT molecular complexity index is 357. The molecule has 0 aromatic heterocycles. The van der Waals surface area contributed by atoms with E-state index in [4.69, 9.17) is 35.2 Å². The molecule has 5 atom stereocenters. The summed E-state index contributed by atoms with van der Waals surface area (Å²) in [5.74, 6) is 2.35. The number of hydrogen-bond donors (Lipinski definition) is 4. The Balaban J connectivity index is 2.03. The van der Waals surface area contributed by atoms with Gasteiger partial charge in [-0.25, -0.2) is 0 Å². The minimum atomic E-state index is -1.45. The maximum absolute atomic E-state index is 9.76. The van der Waals surface area contributed by atoms with Crippen molar-refractivity contribution in [1.29, 1.82) is 0 Å². The Morgan fingerprint density at radius 2 is 1.42 bits per heavy atom. The van der Waals surface area contributed by atoms with E-state index in [2.05, 4.69) is 5.92 Å². The summed E-state index contributed by atoms with van der Waals surface area (Å²) in [6, 6.07) is 0. The third kappa shape index (κ3) is 7.40. The number of aliphatic hydroxyl groups excluding tert-OH is 4. The van der Waals surface area contributed by atoms with Crippen LogP contribution in [0.2, 0.25) is 0 Å². The molecule has 9 heteroatoms. The molecule has 24 heavy (non-hydrogen) atoms. The molecule has 0 spiro atoms. The molecule has 1 aliphatic rings. The lowest BCUT2D eigenvalue weighted by molar-refractivity contribution is -0.302. The summed E-state index contributed by atoms with van der Waals surface area (Å²) < 4.78 is 26.0. The smallest absolute Gasteiger partial charge is 0.186 e. The lowest BCUT2D eigenvalue weighted by atomic mass is 9.99. The van der Waals surface area contributed by atoms with E-state index in [1.54, 1.807) is 0 Å². The first-order chi connectivity index (χ1) is 11.6. The van der Waals surface area contributed by atoms with Crippen molar-refractivity contribution >= 4 is 0 Å². The maximum Gasteiger partial charge on any atom is 0.186 e. The summed E-state index contributed by atoms with van der Waals surface area (Å²) in [4.78, 5) is 0. The first kappa shape index (κ1) is 21.2. The fraction of sp³-hybridized carbons (Fsp3) is 0.867. The Morgan fingerprint density at radius 3 is 2.00 bits per heavy atom. The zero-order valence-electron chi connectivity index (χ0n) is 13.5. The molecule has 1 aliphatic heterocycles. The van der Waals surface area contributed by atoms with E-state index in [1.165, 1.54) is 0 Å². The molecule has 1 fully saturated rings. The zero-order valence-corrected chi connectivity index (χ0v) is 13.5. The predicted molar refractivity (Wildman–Crippen MR) is 81.0 cm³/mol. The molecular formula is C15H26O9. The van der Waals surface area contributed by atoms with E-state index in [-0.39, 0.29) is 19.8 Å². The predicted octanol–water partition coefficient (Wildman–Crippen LogP) is -2.51. The molecule has 9 nitrogen and oxygen atoms in total. The molecule has 2 unspecified atom stereocenters. The molecule has 0 saturated carbocycles. The Hall–Kier alpha value is -0.800. The van der Waals surface area contributed by atoms with Gasteiger partial charge in [0, 0.05) is 0 Å². The normalized spacial score (nSPS) is 30.2. The lowest BCUT2D eigenvalue weighted by Crippen LogP contribution is -2.59. The fourth-order valence-corrected chi connectivity index (χ4v) is 2.00. The summed E-state index contributed by atoms with van der Waals surface area (Å²) in [7, 11) is 0. The summed E-state index contributed by atoms with van der Waals surface area (Å²) in [6.45, 7) is 1.68. The number of terminal acetylenes is 1. The topological polar surface area (TPSA) is 127 Å². The molecular weight excluding hydrogens is 324 g/mol. The van der Waals surface area contributed by atoms with Gasteiger partial charge in [-0.3, -0.25) is 0 Å². The second-order valence-electron chi connectivity index (χ2n) is 5.05. The van der Waals surface area contributed by atoms with Gasteiger partial charge in [-0.1, -0.05) is 5.92 Å². The van der Waals surface area contributed by atoms with Gasteiger partial charge < -0.3 is 44.1 Å². The highest BCUT2D eigenvalue weighted by Crippen LogP contribution is 2.21. The van der Waals surface area contributed by atoms with Crippen LogP contribution < -0.4 is 0 Å². The fourth-order valence-electron chi connectivity index (χ4n) is 2.00. The van der Waals surface area contributed by atoms with Crippen LogP contribution in [0.5, 0.6) is 0 Å².